The van der Waals surface area contributed by atoms with Gasteiger partial charge in [0.05, 0.1) is 41.2 Å². The van der Waals surface area contributed by atoms with Crippen LogP contribution in [0.2, 0.25) is 0 Å². The number of H-pyrrole nitrogens is 2. The second-order valence-electron chi connectivity index (χ2n) is 22.4. The second kappa shape index (κ2) is 21.1. The molecule has 0 bridgehead atoms. The van der Waals surface area contributed by atoms with Gasteiger partial charge in [0.15, 0.2) is 0 Å². The molecular weight excluding hydrogens is 997 g/mol. The van der Waals surface area contributed by atoms with E-state index in [4.69, 9.17) is 9.47 Å². The third-order valence-electron chi connectivity index (χ3n) is 17.0. The number of imidazole rings is 1. The number of rotatable bonds is 16. The van der Waals surface area contributed by atoms with E-state index >= 15 is 0 Å². The molecular formula is C58H68N10O8S. The predicted molar refractivity (Wildman–Crippen MR) is 296 cm³/mol. The van der Waals surface area contributed by atoms with Crippen molar-refractivity contribution >= 4 is 55.1 Å². The molecule has 2 saturated carbocycles. The first-order valence-corrected chi connectivity index (χ1v) is 28.4. The number of anilines is 2. The number of amides is 1. The molecule has 77 heavy (non-hydrogen) atoms. The normalized spacial score (nSPS) is 21.4. The second-order valence-corrected chi connectivity index (χ2v) is 24.1. The number of piperidine rings is 1. The van der Waals surface area contributed by atoms with Gasteiger partial charge >= 0.3 is 0 Å². The van der Waals surface area contributed by atoms with Crippen molar-refractivity contribution in [2.45, 2.75) is 107 Å². The Morgan fingerprint density at radius 2 is 1.70 bits per heavy atom. The first kappa shape index (κ1) is 52.0. The maximum atomic E-state index is 14.4. The lowest BCUT2D eigenvalue weighted by Gasteiger charge is -2.58. The number of hydrogen-bond acceptors (Lipinski definition) is 14. The van der Waals surface area contributed by atoms with E-state index < -0.39 is 37.0 Å². The van der Waals surface area contributed by atoms with E-state index in [-0.39, 0.29) is 45.4 Å². The molecule has 1 amide bonds. The van der Waals surface area contributed by atoms with Gasteiger partial charge in [-0.2, -0.15) is 0 Å². The molecule has 1 spiro atoms. The zero-order valence-electron chi connectivity index (χ0n) is 44.1. The average molecular weight is 1070 g/mol. The van der Waals surface area contributed by atoms with Crippen LogP contribution in [-0.2, 0) is 16.6 Å². The summed E-state index contributed by atoms with van der Waals surface area (Å²) >= 11 is 0. The van der Waals surface area contributed by atoms with E-state index in [1.54, 1.807) is 31.5 Å². The molecule has 4 aromatic carbocycles. The van der Waals surface area contributed by atoms with Crippen molar-refractivity contribution in [1.29, 1.82) is 0 Å². The van der Waals surface area contributed by atoms with Gasteiger partial charge in [0.25, 0.3) is 21.6 Å². The topological polar surface area (TPSA) is 224 Å². The van der Waals surface area contributed by atoms with E-state index in [2.05, 4.69) is 94.9 Å². The molecule has 0 radical (unpaired) electrons. The molecule has 4 fully saturated rings. The van der Waals surface area contributed by atoms with Crippen molar-refractivity contribution in [3.63, 3.8) is 0 Å². The first-order chi connectivity index (χ1) is 37.0. The number of sulfonamides is 1. The number of pyridine rings is 1. The van der Waals surface area contributed by atoms with Crippen molar-refractivity contribution in [2.24, 2.45) is 11.3 Å². The van der Waals surface area contributed by atoms with Gasteiger partial charge in [0.2, 0.25) is 0 Å². The Morgan fingerprint density at radius 3 is 2.44 bits per heavy atom. The number of ether oxygens (including phenoxy) is 2. The summed E-state index contributed by atoms with van der Waals surface area (Å²) in [5.41, 5.74) is 4.68. The molecule has 5 N–H and O–H groups in total. The molecule has 404 valence electrons. The Kier molecular flexibility index (Phi) is 14.2. The fraction of sp³-hybridized carbons (Fsp3) is 0.431. The van der Waals surface area contributed by atoms with E-state index in [9.17, 15) is 28.4 Å². The smallest absolute Gasteiger partial charge is 0.296 e. The highest BCUT2D eigenvalue weighted by Crippen LogP contribution is 2.53. The number of carbonyl (C=O) groups is 1. The van der Waals surface area contributed by atoms with E-state index in [1.165, 1.54) is 29.2 Å². The van der Waals surface area contributed by atoms with Crippen LogP contribution in [0.15, 0.2) is 109 Å². The summed E-state index contributed by atoms with van der Waals surface area (Å²) in [7, 11) is -3.07. The fourth-order valence-corrected chi connectivity index (χ4v) is 13.7. The zero-order valence-corrected chi connectivity index (χ0v) is 44.9. The number of nitrogens with zero attached hydrogens (tertiary/aromatic N) is 6. The standard InChI is InChI=1S/C58H68N10O8S/c1-37(2)45-7-5-6-8-46(45)49-35-65(34-39-9-12-43(75-4)13-10-39)25-26-67(49)42-30-58(31-42)20-23-66(24-21-58)41-11-14-47(50(28-41)76-44-27-40-17-22-59-55(40)61-33-44)56(69)64-77(73,74)51-29-48(68(71)72)52(54-53(51)62-36-63-54)60-32-38-15-18-57(3,70)19-16-38/h5-14,17,22,27-29,33,36-38,42,49,60,70H,15-16,18-21,23-26,30-32,34-35H2,1-4H3,(H,59,61)(H,62,63)(H,64,69)/t38?,49-,57?/m0/s1. The van der Waals surface area contributed by atoms with Crippen molar-refractivity contribution < 1.29 is 32.7 Å². The number of nitro groups is 1. The number of fused-ring (bicyclic) bond motifs is 2. The van der Waals surface area contributed by atoms with Crippen LogP contribution in [0, 0.1) is 21.4 Å². The van der Waals surface area contributed by atoms with Crippen molar-refractivity contribution in [3.8, 4) is 17.2 Å². The Morgan fingerprint density at radius 1 is 0.935 bits per heavy atom. The minimum absolute atomic E-state index is 0.0583. The third-order valence-corrected chi connectivity index (χ3v) is 18.3. The number of methoxy groups -OCH3 is 1. The molecule has 2 aliphatic carbocycles. The summed E-state index contributed by atoms with van der Waals surface area (Å²) in [4.78, 5) is 48.1. The average Bonchev–Trinajstić information content (AvgIpc) is 4.20. The SMILES string of the molecule is COc1ccc(CN2CCN(C3CC4(CCN(c5ccc(C(=O)NS(=O)(=O)c6cc([N+](=O)[O-])c(NCC7CCC(C)(O)CC7)c7[nH]cnc67)c(Oc6cnc7[nH]ccc7c6)c5)CC4)C3)[C@H](c3ccccc3C(C)C)C2)cc1. The number of hydrogen-bond donors (Lipinski definition) is 5. The van der Waals surface area contributed by atoms with Crippen LogP contribution in [-0.4, -0.2) is 112 Å². The minimum Gasteiger partial charge on any atom is -0.497 e. The number of nitro benzene ring substituents is 1. The molecule has 2 saturated heterocycles. The van der Waals surface area contributed by atoms with E-state index in [0.717, 1.165) is 101 Å². The van der Waals surface area contributed by atoms with Gasteiger partial charge in [0, 0.05) is 87.3 Å². The van der Waals surface area contributed by atoms with Gasteiger partial charge in [-0.15, -0.1) is 0 Å². The number of piperazine rings is 1. The van der Waals surface area contributed by atoms with Gasteiger partial charge in [-0.3, -0.25) is 24.7 Å². The number of aliphatic hydroxyl groups is 1. The highest BCUT2D eigenvalue weighted by Gasteiger charge is 2.50. The predicted octanol–water partition coefficient (Wildman–Crippen LogP) is 10.1. The van der Waals surface area contributed by atoms with Crippen LogP contribution >= 0.6 is 0 Å². The van der Waals surface area contributed by atoms with Crippen LogP contribution in [0.5, 0.6) is 17.2 Å². The number of aromatic amines is 2. The Balaban J connectivity index is 0.804. The van der Waals surface area contributed by atoms with Crippen LogP contribution in [0.4, 0.5) is 17.1 Å². The molecule has 4 aliphatic rings. The zero-order chi connectivity index (χ0) is 53.6. The van der Waals surface area contributed by atoms with E-state index in [1.807, 2.05) is 31.2 Å². The van der Waals surface area contributed by atoms with E-state index in [0.29, 0.717) is 42.7 Å². The maximum absolute atomic E-state index is 14.4. The third kappa shape index (κ3) is 10.8. The molecule has 3 aromatic heterocycles. The van der Waals surface area contributed by atoms with Crippen LogP contribution in [0.1, 0.15) is 111 Å². The quantitative estimate of drug-likeness (QED) is 0.0449. The van der Waals surface area contributed by atoms with Crippen molar-refractivity contribution in [3.05, 3.63) is 136 Å². The number of benzene rings is 4. The molecule has 2 aliphatic heterocycles. The van der Waals surface area contributed by atoms with Crippen molar-refractivity contribution in [2.75, 3.05) is 56.6 Å². The Hall–Kier alpha value is -7.06. The van der Waals surface area contributed by atoms with Gasteiger partial charge in [-0.1, -0.05) is 50.2 Å². The highest BCUT2D eigenvalue weighted by atomic mass is 32.2. The summed E-state index contributed by atoms with van der Waals surface area (Å²) < 4.78 is 42.7. The monoisotopic (exact) mass is 1060 g/mol. The number of carbonyl (C=O) groups excluding carboxylic acids is 1. The van der Waals surface area contributed by atoms with Gasteiger partial charge < -0.3 is 34.8 Å². The lowest BCUT2D eigenvalue weighted by molar-refractivity contribution is -0.384. The van der Waals surface area contributed by atoms with Crippen LogP contribution in [0.3, 0.4) is 0 Å². The number of nitrogens with one attached hydrogen (secondary N) is 4. The minimum atomic E-state index is -4.77. The summed E-state index contributed by atoms with van der Waals surface area (Å²) in [5.74, 6) is 0.893. The summed E-state index contributed by atoms with van der Waals surface area (Å²) in [6, 6.07) is 27.9. The molecule has 11 rings (SSSR count). The summed E-state index contributed by atoms with van der Waals surface area (Å²) in [6.45, 7) is 12.2. The van der Waals surface area contributed by atoms with Crippen LogP contribution < -0.4 is 24.4 Å². The fourth-order valence-electron chi connectivity index (χ4n) is 12.5. The number of aromatic nitrogens is 4. The molecule has 5 heterocycles. The summed E-state index contributed by atoms with van der Waals surface area (Å²) in [5, 5.41) is 27.0. The largest absolute Gasteiger partial charge is 0.497 e. The Labute approximate surface area is 448 Å². The highest BCUT2D eigenvalue weighted by molar-refractivity contribution is 7.90. The van der Waals surface area contributed by atoms with Gasteiger partial charge in [-0.25, -0.2) is 23.1 Å². The van der Waals surface area contributed by atoms with Gasteiger partial charge in [0.1, 0.15) is 39.0 Å². The first-order valence-electron chi connectivity index (χ1n) is 26.9. The Bertz CT molecular complexity index is 3410. The molecule has 19 heteroatoms. The molecule has 7 aromatic rings. The lowest BCUT2D eigenvalue weighted by Crippen LogP contribution is -2.60. The van der Waals surface area contributed by atoms with Crippen LogP contribution in [0.25, 0.3) is 22.1 Å². The summed E-state index contributed by atoms with van der Waals surface area (Å²) in [6.07, 6.45) is 11.5. The maximum Gasteiger partial charge on any atom is 0.296 e. The molecule has 1 atom stereocenters. The molecule has 18 nitrogen and oxygen atoms in total. The molecule has 0 unspecified atom stereocenters. The lowest BCUT2D eigenvalue weighted by atomic mass is 9.59. The van der Waals surface area contributed by atoms with Crippen molar-refractivity contribution in [1.82, 2.24) is 34.5 Å². The van der Waals surface area contributed by atoms with Gasteiger partial charge in [-0.05, 0) is 129 Å².